The maximum absolute atomic E-state index is 10.8. The van der Waals surface area contributed by atoms with E-state index in [9.17, 15) is 9.90 Å². The molecule has 2 rings (SSSR count). The third kappa shape index (κ3) is 2.11. The van der Waals surface area contributed by atoms with Crippen molar-refractivity contribution in [1.29, 1.82) is 0 Å². The van der Waals surface area contributed by atoms with Crippen molar-refractivity contribution in [2.45, 2.75) is 25.0 Å². The molecule has 0 aromatic heterocycles. The van der Waals surface area contributed by atoms with Crippen molar-refractivity contribution in [2.24, 2.45) is 0 Å². The number of aromatic carboxylic acids is 1. The van der Waals surface area contributed by atoms with E-state index >= 15 is 0 Å². The predicted octanol–water partition coefficient (Wildman–Crippen LogP) is 0.432. The summed E-state index contributed by atoms with van der Waals surface area (Å²) in [5.41, 5.74) is -0.400. The Morgan fingerprint density at radius 3 is 2.88 bits per heavy atom. The van der Waals surface area contributed by atoms with Gasteiger partial charge in [-0.05, 0) is 30.7 Å². The second kappa shape index (κ2) is 4.01. The van der Waals surface area contributed by atoms with Crippen molar-refractivity contribution < 1.29 is 24.9 Å². The standard InChI is InChI=1S/C12H14O5/c1-12(16,6-13)10-5-8-4-7(11(14)15)2-3-9(8)17-10/h2-4,10,13,16H,5-6H2,1H3,(H,14,15)/t10-,12-/m1/s1. The second-order valence-corrected chi connectivity index (χ2v) is 4.45. The molecule has 1 aromatic carbocycles. The summed E-state index contributed by atoms with van der Waals surface area (Å²) in [5, 5.41) is 27.8. The summed E-state index contributed by atoms with van der Waals surface area (Å²) in [4.78, 5) is 10.8. The summed E-state index contributed by atoms with van der Waals surface area (Å²) in [5.74, 6) is -0.432. The van der Waals surface area contributed by atoms with Crippen LogP contribution in [-0.4, -0.2) is 39.6 Å². The minimum Gasteiger partial charge on any atom is -0.487 e. The number of carboxylic acids is 1. The van der Waals surface area contributed by atoms with Crippen molar-refractivity contribution in [3.63, 3.8) is 0 Å². The van der Waals surface area contributed by atoms with Gasteiger partial charge in [-0.15, -0.1) is 0 Å². The van der Waals surface area contributed by atoms with Gasteiger partial charge in [0.1, 0.15) is 17.5 Å². The van der Waals surface area contributed by atoms with Crippen LogP contribution in [-0.2, 0) is 6.42 Å². The summed E-state index contributed by atoms with van der Waals surface area (Å²) in [6, 6.07) is 4.56. The Morgan fingerprint density at radius 2 is 2.29 bits per heavy atom. The SMILES string of the molecule is C[C@@](O)(CO)[C@H]1Cc2cc(C(=O)O)ccc2O1. The summed E-state index contributed by atoms with van der Waals surface area (Å²) in [7, 11) is 0. The fourth-order valence-corrected chi connectivity index (χ4v) is 1.83. The molecule has 0 fully saturated rings. The van der Waals surface area contributed by atoms with Crippen LogP contribution in [0.15, 0.2) is 18.2 Å². The lowest BCUT2D eigenvalue weighted by atomic mass is 9.95. The molecule has 0 aliphatic carbocycles. The third-order valence-corrected chi connectivity index (χ3v) is 3.00. The van der Waals surface area contributed by atoms with Crippen molar-refractivity contribution in [2.75, 3.05) is 6.61 Å². The van der Waals surface area contributed by atoms with E-state index in [1.54, 1.807) is 6.07 Å². The highest BCUT2D eigenvalue weighted by molar-refractivity contribution is 5.88. The van der Waals surface area contributed by atoms with E-state index in [4.69, 9.17) is 14.9 Å². The summed E-state index contributed by atoms with van der Waals surface area (Å²) < 4.78 is 5.49. The summed E-state index contributed by atoms with van der Waals surface area (Å²) in [6.07, 6.45) is -0.157. The Morgan fingerprint density at radius 1 is 1.59 bits per heavy atom. The maximum atomic E-state index is 10.8. The topological polar surface area (TPSA) is 87.0 Å². The van der Waals surface area contributed by atoms with Gasteiger partial charge in [0.15, 0.2) is 0 Å². The molecule has 0 bridgehead atoms. The van der Waals surface area contributed by atoms with E-state index in [-0.39, 0.29) is 5.56 Å². The van der Waals surface area contributed by atoms with Gasteiger partial charge in [-0.1, -0.05) is 0 Å². The molecule has 0 amide bonds. The molecule has 5 nitrogen and oxygen atoms in total. The average molecular weight is 238 g/mol. The fraction of sp³-hybridized carbons (Fsp3) is 0.417. The number of hydrogen-bond donors (Lipinski definition) is 3. The Hall–Kier alpha value is -1.59. The zero-order valence-electron chi connectivity index (χ0n) is 9.38. The molecular formula is C12H14O5. The zero-order valence-corrected chi connectivity index (χ0v) is 9.38. The number of aliphatic hydroxyl groups is 2. The Kier molecular flexibility index (Phi) is 2.81. The van der Waals surface area contributed by atoms with E-state index in [0.717, 1.165) is 5.56 Å². The minimum absolute atomic E-state index is 0.191. The first-order valence-corrected chi connectivity index (χ1v) is 5.30. The quantitative estimate of drug-likeness (QED) is 0.711. The zero-order chi connectivity index (χ0) is 12.6. The number of carbonyl (C=O) groups is 1. The molecule has 1 aliphatic rings. The Balaban J connectivity index is 2.25. The molecule has 92 valence electrons. The number of hydrogen-bond acceptors (Lipinski definition) is 4. The first kappa shape index (κ1) is 11.9. The smallest absolute Gasteiger partial charge is 0.335 e. The lowest BCUT2D eigenvalue weighted by molar-refractivity contribution is -0.0729. The highest BCUT2D eigenvalue weighted by Gasteiger charge is 2.38. The number of fused-ring (bicyclic) bond motifs is 1. The monoisotopic (exact) mass is 238 g/mol. The number of aliphatic hydroxyl groups excluding tert-OH is 1. The van der Waals surface area contributed by atoms with Crippen LogP contribution >= 0.6 is 0 Å². The Bertz CT molecular complexity index is 452. The molecule has 1 aromatic rings. The van der Waals surface area contributed by atoms with Crippen LogP contribution < -0.4 is 4.74 Å². The van der Waals surface area contributed by atoms with E-state index in [2.05, 4.69) is 0 Å². The van der Waals surface area contributed by atoms with Crippen molar-refractivity contribution in [3.05, 3.63) is 29.3 Å². The average Bonchev–Trinajstić information content (AvgIpc) is 2.72. The van der Waals surface area contributed by atoms with Gasteiger partial charge in [0.2, 0.25) is 0 Å². The number of rotatable bonds is 3. The van der Waals surface area contributed by atoms with Crippen molar-refractivity contribution in [3.8, 4) is 5.75 Å². The normalized spacial score (nSPS) is 21.5. The van der Waals surface area contributed by atoms with Gasteiger partial charge in [-0.25, -0.2) is 4.79 Å². The van der Waals surface area contributed by atoms with Crippen LogP contribution in [0, 0.1) is 0 Å². The number of benzene rings is 1. The Labute approximate surface area is 98.3 Å². The lowest BCUT2D eigenvalue weighted by Gasteiger charge is -2.26. The van der Waals surface area contributed by atoms with Gasteiger partial charge in [0, 0.05) is 6.42 Å². The van der Waals surface area contributed by atoms with E-state index in [1.165, 1.54) is 19.1 Å². The van der Waals surface area contributed by atoms with Crippen LogP contribution in [0.5, 0.6) is 5.75 Å². The molecule has 5 heteroatoms. The van der Waals surface area contributed by atoms with E-state index in [0.29, 0.717) is 12.2 Å². The molecule has 0 saturated carbocycles. The van der Waals surface area contributed by atoms with Crippen LogP contribution in [0.25, 0.3) is 0 Å². The fourth-order valence-electron chi connectivity index (χ4n) is 1.83. The van der Waals surface area contributed by atoms with Crippen molar-refractivity contribution in [1.82, 2.24) is 0 Å². The molecule has 0 saturated heterocycles. The van der Waals surface area contributed by atoms with Crippen LogP contribution in [0.4, 0.5) is 0 Å². The van der Waals surface area contributed by atoms with E-state index < -0.39 is 24.3 Å². The van der Waals surface area contributed by atoms with Crippen molar-refractivity contribution >= 4 is 5.97 Å². The van der Waals surface area contributed by atoms with Crippen LogP contribution in [0.3, 0.4) is 0 Å². The molecule has 3 N–H and O–H groups in total. The third-order valence-electron chi connectivity index (χ3n) is 3.00. The number of carboxylic acid groups (broad SMARTS) is 1. The number of ether oxygens (including phenoxy) is 1. The largest absolute Gasteiger partial charge is 0.487 e. The molecule has 17 heavy (non-hydrogen) atoms. The van der Waals surface area contributed by atoms with Gasteiger partial charge < -0.3 is 20.1 Å². The molecule has 1 aliphatic heterocycles. The lowest BCUT2D eigenvalue weighted by Crippen LogP contribution is -2.45. The molecule has 2 atom stereocenters. The van der Waals surface area contributed by atoms with Crippen LogP contribution in [0.1, 0.15) is 22.8 Å². The molecule has 0 unspecified atom stereocenters. The van der Waals surface area contributed by atoms with Gasteiger partial charge >= 0.3 is 5.97 Å². The van der Waals surface area contributed by atoms with Crippen LogP contribution in [0.2, 0.25) is 0 Å². The molecule has 0 spiro atoms. The summed E-state index contributed by atoms with van der Waals surface area (Å²) >= 11 is 0. The van der Waals surface area contributed by atoms with E-state index in [1.807, 2.05) is 0 Å². The minimum atomic E-state index is -1.33. The molecule has 0 radical (unpaired) electrons. The summed E-state index contributed by atoms with van der Waals surface area (Å²) in [6.45, 7) is 1.08. The maximum Gasteiger partial charge on any atom is 0.335 e. The van der Waals surface area contributed by atoms with Gasteiger partial charge in [0.25, 0.3) is 0 Å². The van der Waals surface area contributed by atoms with Gasteiger partial charge in [-0.2, -0.15) is 0 Å². The first-order chi connectivity index (χ1) is 7.94. The highest BCUT2D eigenvalue weighted by atomic mass is 16.5. The second-order valence-electron chi connectivity index (χ2n) is 4.45. The molecule has 1 heterocycles. The van der Waals surface area contributed by atoms with Gasteiger partial charge in [0.05, 0.1) is 12.2 Å². The first-order valence-electron chi connectivity index (χ1n) is 5.30. The highest BCUT2D eigenvalue weighted by Crippen LogP contribution is 2.33. The predicted molar refractivity (Wildman–Crippen MR) is 59.2 cm³/mol. The molecular weight excluding hydrogens is 224 g/mol. The van der Waals surface area contributed by atoms with Gasteiger partial charge in [-0.3, -0.25) is 0 Å².